The summed E-state index contributed by atoms with van der Waals surface area (Å²) in [6.45, 7) is 2.00. The minimum absolute atomic E-state index is 0.828. The highest BCUT2D eigenvalue weighted by atomic mass is 32.1. The molecule has 0 spiro atoms. The van der Waals surface area contributed by atoms with Gasteiger partial charge < -0.3 is 10.2 Å². The first-order valence-corrected chi connectivity index (χ1v) is 6.41. The molecule has 86 valence electrons. The molecule has 2 aromatic rings. The average molecular weight is 255 g/mol. The van der Waals surface area contributed by atoms with E-state index in [-0.39, 0.29) is 0 Å². The van der Waals surface area contributed by atoms with Crippen LogP contribution in [0.2, 0.25) is 0 Å². The molecule has 0 atom stereocenters. The number of nitrogens with one attached hydrogen (secondary N) is 1. The Labute approximate surface area is 102 Å². The van der Waals surface area contributed by atoms with Gasteiger partial charge >= 0.3 is 0 Å². The standard InChI is InChI=1S/C9H13N5S2/c1-5-6(15-9(11-5)14(3)4)7-12-13-8(10-2)16-7/h1-4H3,(H,10,13). The maximum atomic E-state index is 4.48. The van der Waals surface area contributed by atoms with Crippen molar-refractivity contribution in [2.75, 3.05) is 31.4 Å². The first-order chi connectivity index (χ1) is 7.61. The topological polar surface area (TPSA) is 53.9 Å². The lowest BCUT2D eigenvalue weighted by atomic mass is 10.4. The second-order valence-electron chi connectivity index (χ2n) is 3.47. The van der Waals surface area contributed by atoms with Gasteiger partial charge in [0.1, 0.15) is 0 Å². The van der Waals surface area contributed by atoms with Gasteiger partial charge in [0.05, 0.1) is 10.6 Å². The van der Waals surface area contributed by atoms with Gasteiger partial charge in [0.25, 0.3) is 0 Å². The van der Waals surface area contributed by atoms with Crippen molar-refractivity contribution in [2.24, 2.45) is 0 Å². The minimum Gasteiger partial charge on any atom is -0.363 e. The lowest BCUT2D eigenvalue weighted by Gasteiger charge is -2.04. The highest BCUT2D eigenvalue weighted by Crippen LogP contribution is 2.36. The maximum absolute atomic E-state index is 4.48. The van der Waals surface area contributed by atoms with Crippen LogP contribution in [0.15, 0.2) is 0 Å². The molecule has 5 nitrogen and oxygen atoms in total. The van der Waals surface area contributed by atoms with Gasteiger partial charge in [0.2, 0.25) is 5.13 Å². The van der Waals surface area contributed by atoms with E-state index in [9.17, 15) is 0 Å². The van der Waals surface area contributed by atoms with Crippen LogP contribution in [0.25, 0.3) is 9.88 Å². The van der Waals surface area contributed by atoms with Gasteiger partial charge in [-0.15, -0.1) is 10.2 Å². The van der Waals surface area contributed by atoms with Crippen molar-refractivity contribution in [2.45, 2.75) is 6.92 Å². The normalized spacial score (nSPS) is 10.5. The molecule has 0 aliphatic heterocycles. The fraction of sp³-hybridized carbons (Fsp3) is 0.444. The number of aryl methyl sites for hydroxylation is 1. The smallest absolute Gasteiger partial charge is 0.205 e. The Balaban J connectivity index is 2.39. The van der Waals surface area contributed by atoms with E-state index in [0.717, 1.165) is 25.8 Å². The molecule has 0 fully saturated rings. The molecule has 2 rings (SSSR count). The lowest BCUT2D eigenvalue weighted by molar-refractivity contribution is 1.08. The summed E-state index contributed by atoms with van der Waals surface area (Å²) in [6, 6.07) is 0. The van der Waals surface area contributed by atoms with Crippen LogP contribution in [-0.2, 0) is 0 Å². The molecule has 0 amide bonds. The number of hydrogen-bond acceptors (Lipinski definition) is 7. The van der Waals surface area contributed by atoms with Gasteiger partial charge in [-0.25, -0.2) is 4.98 Å². The first kappa shape index (κ1) is 11.3. The van der Waals surface area contributed by atoms with Gasteiger partial charge in [0, 0.05) is 21.1 Å². The first-order valence-electron chi connectivity index (χ1n) is 4.78. The van der Waals surface area contributed by atoms with Crippen LogP contribution >= 0.6 is 22.7 Å². The van der Waals surface area contributed by atoms with E-state index < -0.39 is 0 Å². The summed E-state index contributed by atoms with van der Waals surface area (Å²) in [7, 11) is 5.82. The predicted octanol–water partition coefficient (Wildman–Crippen LogP) is 2.08. The van der Waals surface area contributed by atoms with Gasteiger partial charge in [-0.1, -0.05) is 22.7 Å². The Morgan fingerprint density at radius 1 is 1.19 bits per heavy atom. The van der Waals surface area contributed by atoms with Crippen molar-refractivity contribution in [3.8, 4) is 9.88 Å². The molecule has 0 saturated carbocycles. The van der Waals surface area contributed by atoms with Crippen molar-refractivity contribution in [3.05, 3.63) is 5.69 Å². The van der Waals surface area contributed by atoms with Gasteiger partial charge in [-0.2, -0.15) is 0 Å². The largest absolute Gasteiger partial charge is 0.363 e. The fourth-order valence-electron chi connectivity index (χ4n) is 1.19. The van der Waals surface area contributed by atoms with Crippen LogP contribution in [0, 0.1) is 6.92 Å². The number of thiazole rings is 1. The lowest BCUT2D eigenvalue weighted by Crippen LogP contribution is -2.07. The average Bonchev–Trinajstić information content (AvgIpc) is 2.83. The van der Waals surface area contributed by atoms with E-state index in [4.69, 9.17) is 0 Å². The zero-order valence-electron chi connectivity index (χ0n) is 9.61. The summed E-state index contributed by atoms with van der Waals surface area (Å²) >= 11 is 3.18. The Morgan fingerprint density at radius 2 is 1.94 bits per heavy atom. The SMILES string of the molecule is CNc1nnc(-c2sc(N(C)C)nc2C)s1. The fourth-order valence-corrected chi connectivity index (χ4v) is 3.00. The van der Waals surface area contributed by atoms with Crippen molar-refractivity contribution < 1.29 is 0 Å². The summed E-state index contributed by atoms with van der Waals surface area (Å²) in [5.41, 5.74) is 1.01. The van der Waals surface area contributed by atoms with E-state index >= 15 is 0 Å². The van der Waals surface area contributed by atoms with Gasteiger partial charge in [0.15, 0.2) is 10.1 Å². The third-order valence-corrected chi connectivity index (χ3v) is 4.42. The Bertz CT molecular complexity index is 488. The quantitative estimate of drug-likeness (QED) is 0.910. The minimum atomic E-state index is 0.828. The molecular formula is C9H13N5S2. The van der Waals surface area contributed by atoms with E-state index in [1.807, 2.05) is 33.0 Å². The Morgan fingerprint density at radius 3 is 2.44 bits per heavy atom. The van der Waals surface area contributed by atoms with Crippen LogP contribution in [0.1, 0.15) is 5.69 Å². The van der Waals surface area contributed by atoms with Crippen molar-refractivity contribution in [1.29, 1.82) is 0 Å². The molecule has 0 aliphatic rings. The molecule has 0 saturated heterocycles. The highest BCUT2D eigenvalue weighted by molar-refractivity contribution is 7.25. The van der Waals surface area contributed by atoms with E-state index in [1.165, 1.54) is 0 Å². The van der Waals surface area contributed by atoms with E-state index in [0.29, 0.717) is 0 Å². The monoisotopic (exact) mass is 255 g/mol. The second-order valence-corrected chi connectivity index (χ2v) is 5.42. The molecule has 16 heavy (non-hydrogen) atoms. The molecule has 0 bridgehead atoms. The third-order valence-electron chi connectivity index (χ3n) is 2.00. The summed E-state index contributed by atoms with van der Waals surface area (Å²) < 4.78 is 0. The van der Waals surface area contributed by atoms with E-state index in [2.05, 4.69) is 20.5 Å². The highest BCUT2D eigenvalue weighted by Gasteiger charge is 2.14. The van der Waals surface area contributed by atoms with Crippen molar-refractivity contribution in [3.63, 3.8) is 0 Å². The number of aromatic nitrogens is 3. The van der Waals surface area contributed by atoms with Crippen molar-refractivity contribution >= 4 is 32.9 Å². The molecular weight excluding hydrogens is 242 g/mol. The van der Waals surface area contributed by atoms with Crippen LogP contribution in [0.5, 0.6) is 0 Å². The summed E-state index contributed by atoms with van der Waals surface area (Å²) in [5.74, 6) is 0. The van der Waals surface area contributed by atoms with Crippen LogP contribution in [-0.4, -0.2) is 36.3 Å². The molecule has 2 aromatic heterocycles. The molecule has 0 unspecified atom stereocenters. The van der Waals surface area contributed by atoms with Crippen LogP contribution in [0.3, 0.4) is 0 Å². The molecule has 0 aliphatic carbocycles. The van der Waals surface area contributed by atoms with Crippen molar-refractivity contribution in [1.82, 2.24) is 15.2 Å². The maximum Gasteiger partial charge on any atom is 0.205 e. The molecule has 1 N–H and O–H groups in total. The number of nitrogens with zero attached hydrogens (tertiary/aromatic N) is 4. The molecule has 0 aromatic carbocycles. The predicted molar refractivity (Wildman–Crippen MR) is 69.6 cm³/mol. The third kappa shape index (κ3) is 2.00. The summed E-state index contributed by atoms with van der Waals surface area (Å²) in [4.78, 5) is 7.59. The Kier molecular flexibility index (Phi) is 3.06. The zero-order chi connectivity index (χ0) is 11.7. The summed E-state index contributed by atoms with van der Waals surface area (Å²) in [5, 5.41) is 13.9. The van der Waals surface area contributed by atoms with Gasteiger partial charge in [-0.05, 0) is 6.92 Å². The van der Waals surface area contributed by atoms with Crippen LogP contribution < -0.4 is 10.2 Å². The molecule has 2 heterocycles. The van der Waals surface area contributed by atoms with E-state index in [1.54, 1.807) is 22.7 Å². The Hall–Kier alpha value is -1.21. The molecule has 0 radical (unpaired) electrons. The zero-order valence-corrected chi connectivity index (χ0v) is 11.2. The van der Waals surface area contributed by atoms with Gasteiger partial charge in [-0.3, -0.25) is 0 Å². The summed E-state index contributed by atoms with van der Waals surface area (Å²) in [6.07, 6.45) is 0. The number of anilines is 2. The molecule has 7 heteroatoms. The van der Waals surface area contributed by atoms with Crippen LogP contribution in [0.4, 0.5) is 10.3 Å². The number of hydrogen-bond donors (Lipinski definition) is 1. The second kappa shape index (κ2) is 4.34. The number of rotatable bonds is 3.